The molecule has 1 fully saturated rings. The van der Waals surface area contributed by atoms with Crippen molar-refractivity contribution in [2.24, 2.45) is 5.92 Å². The maximum absolute atomic E-state index is 14.3. The van der Waals surface area contributed by atoms with Crippen molar-refractivity contribution < 1.29 is 29.0 Å². The summed E-state index contributed by atoms with van der Waals surface area (Å²) in [6, 6.07) is 23.0. The highest BCUT2D eigenvalue weighted by Crippen LogP contribution is 2.60. The highest BCUT2D eigenvalue weighted by atomic mass is 28.4. The van der Waals surface area contributed by atoms with E-state index in [4.69, 9.17) is 4.74 Å². The van der Waals surface area contributed by atoms with Crippen molar-refractivity contribution in [3.05, 3.63) is 89.5 Å². The quantitative estimate of drug-likeness (QED) is 0.357. The number of nitrogens with zero attached hydrogens (tertiary/aromatic N) is 3. The molecule has 0 saturated carbocycles. The van der Waals surface area contributed by atoms with Crippen LogP contribution in [0.4, 0.5) is 17.1 Å². The van der Waals surface area contributed by atoms with Gasteiger partial charge in [-0.2, -0.15) is 0 Å². The Morgan fingerprint density at radius 2 is 1.73 bits per heavy atom. The largest absolute Gasteiger partial charge is 0.432 e. The predicted molar refractivity (Wildman–Crippen MR) is 174 cm³/mol. The maximum Gasteiger partial charge on any atom is 0.264 e. The number of hydrogen-bond acceptors (Lipinski definition) is 6. The van der Waals surface area contributed by atoms with Gasteiger partial charge in [0.25, 0.3) is 5.91 Å². The van der Waals surface area contributed by atoms with Crippen molar-refractivity contribution in [3.8, 4) is 0 Å². The predicted octanol–water partition coefficient (Wildman–Crippen LogP) is 4.48. The van der Waals surface area contributed by atoms with Gasteiger partial charge in [0.15, 0.2) is 13.9 Å². The molecule has 0 unspecified atom stereocenters. The van der Waals surface area contributed by atoms with Crippen LogP contribution in [-0.4, -0.2) is 67.1 Å². The molecule has 9 nitrogen and oxygen atoms in total. The second-order valence-corrected chi connectivity index (χ2v) is 17.0. The van der Waals surface area contributed by atoms with Crippen molar-refractivity contribution >= 4 is 43.1 Å². The Labute approximate surface area is 265 Å². The van der Waals surface area contributed by atoms with Gasteiger partial charge in [0, 0.05) is 49.3 Å². The second-order valence-electron chi connectivity index (χ2n) is 13.0. The highest BCUT2D eigenvalue weighted by Gasteiger charge is 2.66. The molecule has 0 aliphatic carbocycles. The number of aliphatic hydroxyl groups excluding tert-OH is 1. The number of carbonyl (C=O) groups is 3. The SMILES string of the molecule is C[C@@H]1[C@@H]([Si](C)(C)O)[C@H](CC(=O)N(CCO)Cc2ccccc2)O[C@@]12C(=O)N(C)c1ccc(N3C(=O)CCc4ccccc43)cc12. The summed E-state index contributed by atoms with van der Waals surface area (Å²) in [4.78, 5) is 57.9. The normalized spacial score (nSPS) is 24.3. The maximum atomic E-state index is 14.3. The van der Waals surface area contributed by atoms with Gasteiger partial charge < -0.3 is 24.4 Å². The number of likely N-dealkylation sites (N-methyl/N-ethyl adjacent to an activating group) is 1. The lowest BCUT2D eigenvalue weighted by atomic mass is 9.82. The lowest BCUT2D eigenvalue weighted by molar-refractivity contribution is -0.149. The number of rotatable bonds is 8. The highest BCUT2D eigenvalue weighted by molar-refractivity contribution is 6.71. The van der Waals surface area contributed by atoms with Crippen LogP contribution in [0.2, 0.25) is 18.6 Å². The molecule has 6 rings (SSSR count). The summed E-state index contributed by atoms with van der Waals surface area (Å²) in [7, 11) is -1.28. The van der Waals surface area contributed by atoms with Crippen molar-refractivity contribution in [1.29, 1.82) is 0 Å². The fourth-order valence-corrected chi connectivity index (χ4v) is 10.3. The number of para-hydroxylation sites is 1. The molecule has 1 saturated heterocycles. The Balaban J connectivity index is 1.38. The van der Waals surface area contributed by atoms with Crippen LogP contribution in [0.15, 0.2) is 72.8 Å². The zero-order chi connectivity index (χ0) is 32.1. The molecule has 3 heterocycles. The molecule has 0 radical (unpaired) electrons. The molecule has 1 spiro atoms. The molecule has 236 valence electrons. The van der Waals surface area contributed by atoms with Crippen LogP contribution in [0.1, 0.15) is 36.5 Å². The molecule has 3 amide bonds. The first-order valence-corrected chi connectivity index (χ1v) is 18.7. The summed E-state index contributed by atoms with van der Waals surface area (Å²) < 4.78 is 6.83. The zero-order valence-corrected chi connectivity index (χ0v) is 27.3. The lowest BCUT2D eigenvalue weighted by Gasteiger charge is -2.33. The van der Waals surface area contributed by atoms with Crippen LogP contribution in [0.25, 0.3) is 0 Å². The number of benzene rings is 3. The van der Waals surface area contributed by atoms with Gasteiger partial charge in [-0.05, 0) is 54.9 Å². The van der Waals surface area contributed by atoms with E-state index in [-0.39, 0.29) is 37.3 Å². The van der Waals surface area contributed by atoms with Crippen LogP contribution >= 0.6 is 0 Å². The third-order valence-electron chi connectivity index (χ3n) is 9.76. The third-order valence-corrected chi connectivity index (χ3v) is 12.3. The first-order chi connectivity index (χ1) is 21.5. The number of ether oxygens (including phenoxy) is 1. The van der Waals surface area contributed by atoms with Crippen molar-refractivity contribution in [2.75, 3.05) is 30.0 Å². The molecule has 3 aromatic carbocycles. The van der Waals surface area contributed by atoms with E-state index < -0.39 is 31.5 Å². The van der Waals surface area contributed by atoms with E-state index in [1.807, 2.05) is 92.8 Å². The fourth-order valence-electron chi connectivity index (χ4n) is 7.74. The molecule has 4 atom stereocenters. The van der Waals surface area contributed by atoms with Crippen LogP contribution < -0.4 is 9.80 Å². The van der Waals surface area contributed by atoms with E-state index in [9.17, 15) is 24.3 Å². The van der Waals surface area contributed by atoms with Gasteiger partial charge in [-0.1, -0.05) is 55.5 Å². The van der Waals surface area contributed by atoms with Gasteiger partial charge in [-0.3, -0.25) is 19.3 Å². The molecule has 2 N–H and O–H groups in total. The Morgan fingerprint density at radius 1 is 1.02 bits per heavy atom. The number of fused-ring (bicyclic) bond motifs is 3. The van der Waals surface area contributed by atoms with Crippen LogP contribution in [0.5, 0.6) is 0 Å². The molecular weight excluding hydrogens is 586 g/mol. The van der Waals surface area contributed by atoms with Gasteiger partial charge in [0.2, 0.25) is 11.8 Å². The Hall–Kier alpha value is -3.83. The van der Waals surface area contributed by atoms with Crippen LogP contribution in [-0.2, 0) is 37.7 Å². The standard InChI is InChI=1S/C35H41N3O6Si/c1-23-33(45(3,4)43)30(21-32(41)37(18-19-39)22-24-10-6-5-7-11-24)44-35(23)27-20-26(15-16-29(27)36(2)34(35)42)38-28-13-9-8-12-25(28)14-17-31(38)40/h5-13,15-16,20,23,30,33,39,43H,14,17-19,21-22H2,1-4H3/t23-,30+,33-,35+/m1/s1. The van der Waals surface area contributed by atoms with E-state index in [0.717, 1.165) is 16.8 Å². The average Bonchev–Trinajstić information content (AvgIpc) is 3.43. The van der Waals surface area contributed by atoms with Gasteiger partial charge in [-0.25, -0.2) is 0 Å². The van der Waals surface area contributed by atoms with Crippen LogP contribution in [0, 0.1) is 5.92 Å². The van der Waals surface area contributed by atoms with Crippen LogP contribution in [0.3, 0.4) is 0 Å². The monoisotopic (exact) mass is 627 g/mol. The third kappa shape index (κ3) is 5.29. The van der Waals surface area contributed by atoms with Crippen molar-refractivity contribution in [1.82, 2.24) is 4.90 Å². The summed E-state index contributed by atoms with van der Waals surface area (Å²) in [6.45, 7) is 5.89. The molecule has 0 bridgehead atoms. The van der Waals surface area contributed by atoms with E-state index in [1.165, 1.54) is 0 Å². The minimum absolute atomic E-state index is 0.0200. The number of aliphatic hydroxyl groups is 1. The Morgan fingerprint density at radius 3 is 2.44 bits per heavy atom. The summed E-state index contributed by atoms with van der Waals surface area (Å²) >= 11 is 0. The zero-order valence-electron chi connectivity index (χ0n) is 26.3. The van der Waals surface area contributed by atoms with E-state index in [0.29, 0.717) is 36.3 Å². The number of anilines is 3. The van der Waals surface area contributed by atoms with Gasteiger partial charge in [0.05, 0.1) is 30.5 Å². The molecule has 10 heteroatoms. The average molecular weight is 628 g/mol. The number of amides is 3. The molecule has 3 aromatic rings. The van der Waals surface area contributed by atoms with E-state index in [1.54, 1.807) is 21.7 Å². The summed E-state index contributed by atoms with van der Waals surface area (Å²) in [5, 5.41) is 9.77. The molecule has 0 aromatic heterocycles. The van der Waals surface area contributed by atoms with Crippen molar-refractivity contribution in [2.45, 2.75) is 63.1 Å². The Kier molecular flexibility index (Phi) is 8.19. The first-order valence-electron chi connectivity index (χ1n) is 15.6. The smallest absolute Gasteiger partial charge is 0.264 e. The van der Waals surface area contributed by atoms with Gasteiger partial charge in [-0.15, -0.1) is 0 Å². The van der Waals surface area contributed by atoms with E-state index in [2.05, 4.69) is 0 Å². The lowest BCUT2D eigenvalue weighted by Crippen LogP contribution is -2.45. The first kappa shape index (κ1) is 31.2. The summed E-state index contributed by atoms with van der Waals surface area (Å²) in [6.07, 6.45) is 0.298. The molecule has 45 heavy (non-hydrogen) atoms. The summed E-state index contributed by atoms with van der Waals surface area (Å²) in [5.41, 5.74) is 2.97. The van der Waals surface area contributed by atoms with E-state index >= 15 is 0 Å². The molecule has 3 aliphatic heterocycles. The number of aryl methyl sites for hydroxylation is 1. The minimum Gasteiger partial charge on any atom is -0.432 e. The minimum atomic E-state index is -3.00. The molecule has 3 aliphatic rings. The fraction of sp³-hybridized carbons (Fsp3) is 0.400. The van der Waals surface area contributed by atoms with Gasteiger partial charge >= 0.3 is 0 Å². The second kappa shape index (κ2) is 11.8. The van der Waals surface area contributed by atoms with Crippen molar-refractivity contribution in [3.63, 3.8) is 0 Å². The summed E-state index contributed by atoms with van der Waals surface area (Å²) in [5.74, 6) is -0.928. The number of hydrogen-bond donors (Lipinski definition) is 2. The topological polar surface area (TPSA) is 111 Å². The molecular formula is C35H41N3O6Si. The Bertz CT molecular complexity index is 1630. The van der Waals surface area contributed by atoms with Gasteiger partial charge in [0.1, 0.15) is 0 Å². The number of carbonyl (C=O) groups excluding carboxylic acids is 3.